The van der Waals surface area contributed by atoms with Crippen molar-refractivity contribution in [3.8, 4) is 0 Å². The fourth-order valence-corrected chi connectivity index (χ4v) is 3.59. The molecule has 0 bridgehead atoms. The minimum Gasteiger partial charge on any atom is -0.326 e. The topological polar surface area (TPSA) is 76.9 Å². The lowest BCUT2D eigenvalue weighted by molar-refractivity contribution is -0.115. The number of aromatic nitrogens is 3. The molecule has 0 spiro atoms. The highest BCUT2D eigenvalue weighted by atomic mass is 35.5. The first-order valence-corrected chi connectivity index (χ1v) is 10.3. The summed E-state index contributed by atoms with van der Waals surface area (Å²) in [5.74, 6) is -0.156. The van der Waals surface area contributed by atoms with Gasteiger partial charge in [-0.3, -0.25) is 9.59 Å². The van der Waals surface area contributed by atoms with Gasteiger partial charge in [-0.15, -0.1) is 16.8 Å². The van der Waals surface area contributed by atoms with Gasteiger partial charge in [0, 0.05) is 22.8 Å². The van der Waals surface area contributed by atoms with Crippen molar-refractivity contribution in [1.82, 2.24) is 14.8 Å². The van der Waals surface area contributed by atoms with E-state index in [1.54, 1.807) is 34.9 Å². The summed E-state index contributed by atoms with van der Waals surface area (Å²) >= 11 is 7.08. The third-order valence-electron chi connectivity index (χ3n) is 4.05. The Balaban J connectivity index is 1.65. The maximum atomic E-state index is 13.0. The Bertz CT molecular complexity index is 1050. The highest BCUT2D eigenvalue weighted by molar-refractivity contribution is 7.99. The molecule has 154 valence electrons. The van der Waals surface area contributed by atoms with Crippen molar-refractivity contribution in [1.29, 1.82) is 0 Å². The van der Waals surface area contributed by atoms with E-state index in [1.165, 1.54) is 36.0 Å². The molecule has 1 aromatic heterocycles. The molecule has 30 heavy (non-hydrogen) atoms. The smallest absolute Gasteiger partial charge is 0.232 e. The monoisotopic (exact) mass is 444 g/mol. The molecule has 2 aromatic carbocycles. The largest absolute Gasteiger partial charge is 0.326 e. The lowest BCUT2D eigenvalue weighted by Gasteiger charge is -2.08. The minimum atomic E-state index is -0.381. The van der Waals surface area contributed by atoms with E-state index in [0.717, 1.165) is 0 Å². The first kappa shape index (κ1) is 21.7. The van der Waals surface area contributed by atoms with Crippen LogP contribution in [0.3, 0.4) is 0 Å². The van der Waals surface area contributed by atoms with Crippen LogP contribution in [0.15, 0.2) is 66.3 Å². The van der Waals surface area contributed by atoms with Crippen LogP contribution in [-0.4, -0.2) is 32.2 Å². The summed E-state index contributed by atoms with van der Waals surface area (Å²) in [6, 6.07) is 12.2. The van der Waals surface area contributed by atoms with Crippen LogP contribution < -0.4 is 5.32 Å². The predicted molar refractivity (Wildman–Crippen MR) is 115 cm³/mol. The lowest BCUT2D eigenvalue weighted by Crippen LogP contribution is -2.18. The Labute approximate surface area is 182 Å². The van der Waals surface area contributed by atoms with Gasteiger partial charge in [0.2, 0.25) is 5.91 Å². The Morgan fingerprint density at radius 1 is 1.13 bits per heavy atom. The second-order valence-electron chi connectivity index (χ2n) is 6.25. The van der Waals surface area contributed by atoms with Crippen molar-refractivity contribution >= 4 is 40.7 Å². The maximum absolute atomic E-state index is 13.0. The first-order valence-electron chi connectivity index (χ1n) is 8.96. The molecule has 0 radical (unpaired) electrons. The first-order chi connectivity index (χ1) is 14.5. The van der Waals surface area contributed by atoms with Gasteiger partial charge in [0.1, 0.15) is 11.6 Å². The number of nitrogens with one attached hydrogen (secondary N) is 1. The standard InChI is InChI=1S/C21H18ClFN4O2S/c1-2-11-27-19(12-20(29)24-17-9-7-16(23)8-10-17)25-26-21(27)30-13-18(28)14-3-5-15(22)6-4-14/h2-10H,1,11-13H2,(H,24,29). The van der Waals surface area contributed by atoms with Gasteiger partial charge in [0.15, 0.2) is 10.9 Å². The van der Waals surface area contributed by atoms with E-state index < -0.39 is 0 Å². The Kier molecular flexibility index (Phi) is 7.37. The molecule has 0 aliphatic carbocycles. The molecule has 0 unspecified atom stereocenters. The van der Waals surface area contributed by atoms with Gasteiger partial charge in [-0.05, 0) is 48.5 Å². The molecule has 0 saturated heterocycles. The van der Waals surface area contributed by atoms with E-state index in [-0.39, 0.29) is 29.7 Å². The number of hydrogen-bond acceptors (Lipinski definition) is 5. The summed E-state index contributed by atoms with van der Waals surface area (Å²) < 4.78 is 14.7. The van der Waals surface area contributed by atoms with Crippen LogP contribution in [0.4, 0.5) is 10.1 Å². The number of rotatable bonds is 9. The quantitative estimate of drug-likeness (QED) is 0.300. The van der Waals surface area contributed by atoms with Gasteiger partial charge in [0.05, 0.1) is 12.2 Å². The van der Waals surface area contributed by atoms with Crippen molar-refractivity contribution in [2.24, 2.45) is 0 Å². The molecule has 0 fully saturated rings. The van der Waals surface area contributed by atoms with Crippen LogP contribution in [0.25, 0.3) is 0 Å². The van der Waals surface area contributed by atoms with Gasteiger partial charge in [-0.2, -0.15) is 0 Å². The second-order valence-corrected chi connectivity index (χ2v) is 7.63. The molecule has 3 rings (SSSR count). The zero-order valence-corrected chi connectivity index (χ0v) is 17.4. The summed E-state index contributed by atoms with van der Waals surface area (Å²) in [6.45, 7) is 4.12. The number of thioether (sulfide) groups is 1. The molecule has 0 aliphatic rings. The van der Waals surface area contributed by atoms with Crippen LogP contribution >= 0.6 is 23.4 Å². The molecular formula is C21H18ClFN4O2S. The number of hydrogen-bond donors (Lipinski definition) is 1. The molecule has 1 N–H and O–H groups in total. The van der Waals surface area contributed by atoms with Gasteiger partial charge in [-0.1, -0.05) is 29.4 Å². The number of Topliss-reactive ketones (excluding diaryl/α,β-unsaturated/α-hetero) is 1. The van der Waals surface area contributed by atoms with Crippen LogP contribution in [0.1, 0.15) is 16.2 Å². The van der Waals surface area contributed by atoms with E-state index in [2.05, 4.69) is 22.1 Å². The third kappa shape index (κ3) is 5.77. The fraction of sp³-hybridized carbons (Fsp3) is 0.143. The average molecular weight is 445 g/mol. The van der Waals surface area contributed by atoms with Gasteiger partial charge < -0.3 is 9.88 Å². The molecule has 1 heterocycles. The number of ketones is 1. The summed E-state index contributed by atoms with van der Waals surface area (Å²) in [5.41, 5.74) is 1.04. The van der Waals surface area contributed by atoms with Gasteiger partial charge in [0.25, 0.3) is 0 Å². The molecule has 0 saturated carbocycles. The van der Waals surface area contributed by atoms with Gasteiger partial charge in [-0.25, -0.2) is 4.39 Å². The fourth-order valence-electron chi connectivity index (χ4n) is 2.60. The number of anilines is 1. The number of amides is 1. The van der Waals surface area contributed by atoms with Crippen LogP contribution in [0.2, 0.25) is 5.02 Å². The lowest BCUT2D eigenvalue weighted by atomic mass is 10.1. The number of carbonyl (C=O) groups is 2. The summed E-state index contributed by atoms with van der Waals surface area (Å²) in [4.78, 5) is 24.7. The number of allylic oxidation sites excluding steroid dienone is 1. The molecule has 9 heteroatoms. The highest BCUT2D eigenvalue weighted by Gasteiger charge is 2.17. The second kappa shape index (κ2) is 10.2. The summed E-state index contributed by atoms with van der Waals surface area (Å²) in [7, 11) is 0. The Morgan fingerprint density at radius 3 is 2.50 bits per heavy atom. The third-order valence-corrected chi connectivity index (χ3v) is 5.27. The zero-order valence-electron chi connectivity index (χ0n) is 15.8. The van der Waals surface area contributed by atoms with E-state index in [9.17, 15) is 14.0 Å². The van der Waals surface area contributed by atoms with E-state index >= 15 is 0 Å². The van der Waals surface area contributed by atoms with Crippen molar-refractivity contribution < 1.29 is 14.0 Å². The summed E-state index contributed by atoms with van der Waals surface area (Å²) in [5, 5.41) is 12.0. The number of carbonyl (C=O) groups excluding carboxylic acids is 2. The zero-order chi connectivity index (χ0) is 21.5. The van der Waals surface area contributed by atoms with Crippen molar-refractivity contribution in [3.63, 3.8) is 0 Å². The molecular weight excluding hydrogens is 427 g/mol. The Morgan fingerprint density at radius 2 is 1.83 bits per heavy atom. The molecule has 0 atom stereocenters. The molecule has 3 aromatic rings. The minimum absolute atomic E-state index is 0.0239. The van der Waals surface area contributed by atoms with E-state index in [0.29, 0.717) is 33.8 Å². The molecule has 0 aliphatic heterocycles. The van der Waals surface area contributed by atoms with E-state index in [1.807, 2.05) is 0 Å². The van der Waals surface area contributed by atoms with Crippen molar-refractivity contribution in [2.45, 2.75) is 18.1 Å². The maximum Gasteiger partial charge on any atom is 0.232 e. The number of nitrogens with zero attached hydrogens (tertiary/aromatic N) is 3. The van der Waals surface area contributed by atoms with Crippen LogP contribution in [-0.2, 0) is 17.8 Å². The van der Waals surface area contributed by atoms with Crippen LogP contribution in [0, 0.1) is 5.82 Å². The average Bonchev–Trinajstić information content (AvgIpc) is 3.10. The number of benzene rings is 2. The van der Waals surface area contributed by atoms with Gasteiger partial charge >= 0.3 is 0 Å². The number of halogens is 2. The summed E-state index contributed by atoms with van der Waals surface area (Å²) in [6.07, 6.45) is 1.64. The Hall–Kier alpha value is -2.97. The van der Waals surface area contributed by atoms with Crippen molar-refractivity contribution in [2.75, 3.05) is 11.1 Å². The van der Waals surface area contributed by atoms with E-state index in [4.69, 9.17) is 11.6 Å². The molecule has 1 amide bonds. The highest BCUT2D eigenvalue weighted by Crippen LogP contribution is 2.20. The predicted octanol–water partition coefficient (Wildman–Crippen LogP) is 4.41. The van der Waals surface area contributed by atoms with Crippen molar-refractivity contribution in [3.05, 3.63) is 83.4 Å². The normalized spacial score (nSPS) is 10.6. The SMILES string of the molecule is C=CCn1c(CC(=O)Nc2ccc(F)cc2)nnc1SCC(=O)c1ccc(Cl)cc1. The van der Waals surface area contributed by atoms with Crippen LogP contribution in [0.5, 0.6) is 0 Å². The molecule has 6 nitrogen and oxygen atoms in total.